The predicted octanol–water partition coefficient (Wildman–Crippen LogP) is 1.31. The highest BCUT2D eigenvalue weighted by Gasteiger charge is 2.28. The van der Waals surface area contributed by atoms with Gasteiger partial charge < -0.3 is 4.90 Å². The van der Waals surface area contributed by atoms with E-state index in [2.05, 4.69) is 11.0 Å². The van der Waals surface area contributed by atoms with Gasteiger partial charge in [-0.25, -0.2) is 0 Å². The summed E-state index contributed by atoms with van der Waals surface area (Å²) in [6.07, 6.45) is 0.932. The lowest BCUT2D eigenvalue weighted by atomic mass is 10.1. The Labute approximate surface area is 132 Å². The second-order valence-electron chi connectivity index (χ2n) is 5.41. The molecule has 0 spiro atoms. The molecule has 1 fully saturated rings. The summed E-state index contributed by atoms with van der Waals surface area (Å²) in [5.41, 5.74) is 1.21. The fraction of sp³-hybridized carbons (Fsp3) is 0.571. The quantitative estimate of drug-likeness (QED) is 0.817. The van der Waals surface area contributed by atoms with Gasteiger partial charge in [-0.05, 0) is 24.1 Å². The molecule has 0 radical (unpaired) electrons. The highest BCUT2D eigenvalue weighted by molar-refractivity contribution is 7.86. The van der Waals surface area contributed by atoms with Crippen molar-refractivity contribution in [2.24, 2.45) is 0 Å². The smallest absolute Gasteiger partial charge is 0.281 e. The van der Waals surface area contributed by atoms with Gasteiger partial charge in [0.05, 0.1) is 0 Å². The molecule has 1 aliphatic rings. The molecule has 0 saturated carbocycles. The summed E-state index contributed by atoms with van der Waals surface area (Å²) in [5, 5.41) is 0.759. The van der Waals surface area contributed by atoms with Crippen LogP contribution in [0.5, 0.6) is 0 Å². The van der Waals surface area contributed by atoms with Crippen LogP contribution in [0.4, 0.5) is 0 Å². The summed E-state index contributed by atoms with van der Waals surface area (Å²) in [5.74, 6) is 0. The third-order valence-electron chi connectivity index (χ3n) is 3.72. The highest BCUT2D eigenvalue weighted by Crippen LogP contribution is 2.13. The zero-order chi connectivity index (χ0) is 15.5. The van der Waals surface area contributed by atoms with Gasteiger partial charge in [0.25, 0.3) is 10.2 Å². The van der Waals surface area contributed by atoms with Crippen LogP contribution in [0.25, 0.3) is 0 Å². The molecule has 118 valence electrons. The van der Waals surface area contributed by atoms with Crippen LogP contribution in [0.15, 0.2) is 24.3 Å². The standard InChI is InChI=1S/C14H22ClN3O2S/c1-16(2)21(19,20)18-10-8-17(9-11-18)7-6-13-4-3-5-14(15)12-13/h3-5,12H,6-11H2,1-2H3. The Morgan fingerprint density at radius 3 is 2.43 bits per heavy atom. The van der Waals surface area contributed by atoms with Crippen LogP contribution in [0.3, 0.4) is 0 Å². The van der Waals surface area contributed by atoms with Crippen molar-refractivity contribution in [2.75, 3.05) is 46.8 Å². The van der Waals surface area contributed by atoms with E-state index in [1.807, 2.05) is 18.2 Å². The summed E-state index contributed by atoms with van der Waals surface area (Å²) in [6, 6.07) is 7.88. The van der Waals surface area contributed by atoms with Gasteiger partial charge >= 0.3 is 0 Å². The van der Waals surface area contributed by atoms with Crippen LogP contribution in [-0.4, -0.2) is 68.7 Å². The SMILES string of the molecule is CN(C)S(=O)(=O)N1CCN(CCc2cccc(Cl)c2)CC1. The molecular weight excluding hydrogens is 310 g/mol. The topological polar surface area (TPSA) is 43.9 Å². The average molecular weight is 332 g/mol. The van der Waals surface area contributed by atoms with E-state index in [4.69, 9.17) is 11.6 Å². The molecule has 1 aromatic carbocycles. The van der Waals surface area contributed by atoms with Gasteiger partial charge in [0.1, 0.15) is 0 Å². The minimum Gasteiger partial charge on any atom is -0.300 e. The monoisotopic (exact) mass is 331 g/mol. The van der Waals surface area contributed by atoms with Crippen molar-refractivity contribution in [2.45, 2.75) is 6.42 Å². The van der Waals surface area contributed by atoms with Gasteiger partial charge in [0, 0.05) is 51.8 Å². The third kappa shape index (κ3) is 4.40. The molecule has 1 heterocycles. The van der Waals surface area contributed by atoms with Crippen molar-refractivity contribution < 1.29 is 8.42 Å². The van der Waals surface area contributed by atoms with Crippen molar-refractivity contribution in [3.63, 3.8) is 0 Å². The number of halogens is 1. The minimum atomic E-state index is -3.27. The Morgan fingerprint density at radius 1 is 1.19 bits per heavy atom. The number of nitrogens with zero attached hydrogens (tertiary/aromatic N) is 3. The van der Waals surface area contributed by atoms with Gasteiger partial charge in [-0.3, -0.25) is 0 Å². The maximum atomic E-state index is 12.0. The zero-order valence-electron chi connectivity index (χ0n) is 12.5. The molecule has 0 N–H and O–H groups in total. The van der Waals surface area contributed by atoms with E-state index in [0.717, 1.165) is 31.1 Å². The second kappa shape index (κ2) is 7.07. The second-order valence-corrected chi connectivity index (χ2v) is 7.99. The van der Waals surface area contributed by atoms with Crippen LogP contribution in [0.2, 0.25) is 5.02 Å². The normalized spacial score (nSPS) is 18.3. The molecule has 0 aliphatic carbocycles. The molecule has 5 nitrogen and oxygen atoms in total. The zero-order valence-corrected chi connectivity index (χ0v) is 14.1. The average Bonchev–Trinajstić information content (AvgIpc) is 2.45. The van der Waals surface area contributed by atoms with Crippen LogP contribution < -0.4 is 0 Å². The Hall–Kier alpha value is -0.660. The third-order valence-corrected chi connectivity index (χ3v) is 5.90. The maximum Gasteiger partial charge on any atom is 0.281 e. The van der Waals surface area contributed by atoms with Crippen molar-refractivity contribution in [3.05, 3.63) is 34.9 Å². The van der Waals surface area contributed by atoms with Gasteiger partial charge in [-0.15, -0.1) is 0 Å². The lowest BCUT2D eigenvalue weighted by Crippen LogP contribution is -2.51. The molecule has 1 saturated heterocycles. The van der Waals surface area contributed by atoms with Crippen molar-refractivity contribution in [3.8, 4) is 0 Å². The first-order valence-corrected chi connectivity index (χ1v) is 8.81. The molecular formula is C14H22ClN3O2S. The minimum absolute atomic E-state index is 0.552. The van der Waals surface area contributed by atoms with E-state index in [0.29, 0.717) is 13.1 Å². The Morgan fingerprint density at radius 2 is 1.86 bits per heavy atom. The van der Waals surface area contributed by atoms with Gasteiger partial charge in [-0.2, -0.15) is 17.0 Å². The number of piperazine rings is 1. The van der Waals surface area contributed by atoms with Crippen LogP contribution >= 0.6 is 11.6 Å². The molecule has 0 aromatic heterocycles. The van der Waals surface area contributed by atoms with Crippen molar-refractivity contribution >= 4 is 21.8 Å². The first-order valence-electron chi connectivity index (χ1n) is 7.04. The van der Waals surface area contributed by atoms with Crippen LogP contribution in [0.1, 0.15) is 5.56 Å². The largest absolute Gasteiger partial charge is 0.300 e. The summed E-state index contributed by atoms with van der Waals surface area (Å²) in [6.45, 7) is 3.57. The molecule has 1 aromatic rings. The number of benzene rings is 1. The molecule has 0 amide bonds. The molecule has 0 atom stereocenters. The van der Waals surface area contributed by atoms with Crippen molar-refractivity contribution in [1.82, 2.24) is 13.5 Å². The lowest BCUT2D eigenvalue weighted by molar-refractivity contribution is 0.185. The first kappa shape index (κ1) is 16.7. The number of hydrogen-bond donors (Lipinski definition) is 0. The fourth-order valence-electron chi connectivity index (χ4n) is 2.39. The Bertz CT molecular complexity index is 569. The first-order chi connectivity index (χ1) is 9.89. The fourth-order valence-corrected chi connectivity index (χ4v) is 3.69. The van der Waals surface area contributed by atoms with Crippen LogP contribution in [0, 0.1) is 0 Å². The Balaban J connectivity index is 1.82. The van der Waals surface area contributed by atoms with E-state index >= 15 is 0 Å². The van der Waals surface area contributed by atoms with E-state index in [-0.39, 0.29) is 0 Å². The molecule has 0 unspecified atom stereocenters. The van der Waals surface area contributed by atoms with Gasteiger partial charge in [0.15, 0.2) is 0 Å². The number of rotatable bonds is 5. The van der Waals surface area contributed by atoms with E-state index in [9.17, 15) is 8.42 Å². The van der Waals surface area contributed by atoms with Gasteiger partial charge in [0.2, 0.25) is 0 Å². The lowest BCUT2D eigenvalue weighted by Gasteiger charge is -2.35. The van der Waals surface area contributed by atoms with Gasteiger partial charge in [-0.1, -0.05) is 23.7 Å². The molecule has 7 heteroatoms. The summed E-state index contributed by atoms with van der Waals surface area (Å²) < 4.78 is 26.9. The predicted molar refractivity (Wildman–Crippen MR) is 85.8 cm³/mol. The molecule has 1 aliphatic heterocycles. The van der Waals surface area contributed by atoms with E-state index < -0.39 is 10.2 Å². The van der Waals surface area contributed by atoms with E-state index in [1.54, 1.807) is 18.4 Å². The maximum absolute atomic E-state index is 12.0. The molecule has 0 bridgehead atoms. The number of hydrogen-bond acceptors (Lipinski definition) is 3. The summed E-state index contributed by atoms with van der Waals surface area (Å²) in [7, 11) is -0.133. The highest BCUT2D eigenvalue weighted by atomic mass is 35.5. The molecule has 21 heavy (non-hydrogen) atoms. The van der Waals surface area contributed by atoms with Crippen LogP contribution in [-0.2, 0) is 16.6 Å². The van der Waals surface area contributed by atoms with E-state index in [1.165, 1.54) is 9.87 Å². The summed E-state index contributed by atoms with van der Waals surface area (Å²) in [4.78, 5) is 2.29. The molecule has 2 rings (SSSR count). The van der Waals surface area contributed by atoms with Crippen molar-refractivity contribution in [1.29, 1.82) is 0 Å². The summed E-state index contributed by atoms with van der Waals surface area (Å²) >= 11 is 5.97. The Kier molecular flexibility index (Phi) is 5.62.